The summed E-state index contributed by atoms with van der Waals surface area (Å²) in [6.45, 7) is 4.15. The van der Waals surface area contributed by atoms with E-state index in [1.807, 2.05) is 37.4 Å². The zero-order chi connectivity index (χ0) is 15.4. The third-order valence-corrected chi connectivity index (χ3v) is 4.62. The van der Waals surface area contributed by atoms with Crippen molar-refractivity contribution in [2.24, 2.45) is 5.73 Å². The lowest BCUT2D eigenvalue weighted by molar-refractivity contribution is 0.103. The van der Waals surface area contributed by atoms with Crippen molar-refractivity contribution >= 4 is 34.5 Å². The third-order valence-electron chi connectivity index (χ3n) is 2.93. The number of nitrogens with two attached hydrogens (primary N) is 1. The van der Waals surface area contributed by atoms with Crippen molar-refractivity contribution in [1.29, 1.82) is 0 Å². The highest BCUT2D eigenvalue weighted by atomic mass is 35.5. The van der Waals surface area contributed by atoms with Gasteiger partial charge in [-0.05, 0) is 42.5 Å². The van der Waals surface area contributed by atoms with E-state index in [4.69, 9.17) is 17.3 Å². The molecule has 0 fully saturated rings. The number of anilines is 1. The molecule has 0 bridgehead atoms. The molecule has 1 amide bonds. The molecule has 1 aromatic heterocycles. The number of carbonyl (C=O) groups is 1. The molecule has 2 aromatic rings. The SMILES string of the molecule is Cc1ccc(NC(=O)c2scc(C)c2Cl)cc1C#CCN. The van der Waals surface area contributed by atoms with Crippen LogP contribution in [0.2, 0.25) is 5.02 Å². The van der Waals surface area contributed by atoms with Crippen molar-refractivity contribution < 1.29 is 4.79 Å². The van der Waals surface area contributed by atoms with Gasteiger partial charge in [-0.25, -0.2) is 0 Å². The van der Waals surface area contributed by atoms with Gasteiger partial charge in [0.2, 0.25) is 0 Å². The highest BCUT2D eigenvalue weighted by molar-refractivity contribution is 7.13. The average Bonchev–Trinajstić information content (AvgIpc) is 2.79. The normalized spacial score (nSPS) is 9.90. The van der Waals surface area contributed by atoms with Crippen LogP contribution in [-0.4, -0.2) is 12.5 Å². The van der Waals surface area contributed by atoms with E-state index in [1.54, 1.807) is 0 Å². The van der Waals surface area contributed by atoms with Crippen LogP contribution in [-0.2, 0) is 0 Å². The number of rotatable bonds is 2. The summed E-state index contributed by atoms with van der Waals surface area (Å²) >= 11 is 7.44. The van der Waals surface area contributed by atoms with Crippen molar-refractivity contribution in [3.8, 4) is 11.8 Å². The van der Waals surface area contributed by atoms with Crippen LogP contribution >= 0.6 is 22.9 Å². The first-order valence-corrected chi connectivity index (χ1v) is 7.63. The van der Waals surface area contributed by atoms with Crippen molar-refractivity contribution in [3.63, 3.8) is 0 Å². The smallest absolute Gasteiger partial charge is 0.267 e. The number of hydrogen-bond acceptors (Lipinski definition) is 3. The van der Waals surface area contributed by atoms with Gasteiger partial charge in [0, 0.05) is 11.3 Å². The summed E-state index contributed by atoms with van der Waals surface area (Å²) in [7, 11) is 0. The number of carbonyl (C=O) groups excluding carboxylic acids is 1. The van der Waals surface area contributed by atoms with E-state index in [-0.39, 0.29) is 5.91 Å². The minimum absolute atomic E-state index is 0.209. The van der Waals surface area contributed by atoms with Crippen molar-refractivity contribution in [2.45, 2.75) is 13.8 Å². The van der Waals surface area contributed by atoms with Crippen LogP contribution in [0.3, 0.4) is 0 Å². The minimum Gasteiger partial charge on any atom is -0.321 e. The molecule has 0 spiro atoms. The van der Waals surface area contributed by atoms with Gasteiger partial charge in [-0.15, -0.1) is 11.3 Å². The molecule has 0 saturated carbocycles. The lowest BCUT2D eigenvalue weighted by Crippen LogP contribution is -2.11. The summed E-state index contributed by atoms with van der Waals surface area (Å²) in [5.41, 5.74) is 8.87. The average molecular weight is 319 g/mol. The first kappa shape index (κ1) is 15.6. The summed E-state index contributed by atoms with van der Waals surface area (Å²) in [4.78, 5) is 12.7. The molecule has 0 radical (unpaired) electrons. The fraction of sp³-hybridized carbons (Fsp3) is 0.188. The highest BCUT2D eigenvalue weighted by Gasteiger charge is 2.14. The Kier molecular flexibility index (Phi) is 5.03. The van der Waals surface area contributed by atoms with Crippen LogP contribution in [0.1, 0.15) is 26.4 Å². The fourth-order valence-electron chi connectivity index (χ4n) is 1.75. The van der Waals surface area contributed by atoms with Gasteiger partial charge < -0.3 is 11.1 Å². The Morgan fingerprint density at radius 1 is 1.38 bits per heavy atom. The maximum absolute atomic E-state index is 12.2. The number of aryl methyl sites for hydroxylation is 2. The van der Waals surface area contributed by atoms with Gasteiger partial charge in [-0.3, -0.25) is 4.79 Å². The van der Waals surface area contributed by atoms with Crippen LogP contribution in [0.25, 0.3) is 0 Å². The largest absolute Gasteiger partial charge is 0.321 e. The molecule has 0 aliphatic heterocycles. The second-order valence-electron chi connectivity index (χ2n) is 4.55. The molecule has 21 heavy (non-hydrogen) atoms. The quantitative estimate of drug-likeness (QED) is 0.832. The molecule has 0 saturated heterocycles. The van der Waals surface area contributed by atoms with Gasteiger partial charge in [0.05, 0.1) is 11.6 Å². The molecule has 5 heteroatoms. The minimum atomic E-state index is -0.209. The standard InChI is InChI=1S/C16H15ClN2OS/c1-10-5-6-13(8-12(10)4-3-7-18)19-16(20)15-14(17)11(2)9-21-15/h5-6,8-9H,7,18H2,1-2H3,(H,19,20). The Balaban J connectivity index is 2.24. The predicted octanol–water partition coefficient (Wildman–Crippen LogP) is 3.58. The van der Waals surface area contributed by atoms with E-state index in [9.17, 15) is 4.79 Å². The maximum atomic E-state index is 12.2. The van der Waals surface area contributed by atoms with Crippen LogP contribution in [0.5, 0.6) is 0 Å². The van der Waals surface area contributed by atoms with E-state index in [1.165, 1.54) is 11.3 Å². The molecule has 3 nitrogen and oxygen atoms in total. The van der Waals surface area contributed by atoms with E-state index < -0.39 is 0 Å². The molecule has 108 valence electrons. The fourth-order valence-corrected chi connectivity index (χ4v) is 2.93. The second-order valence-corrected chi connectivity index (χ2v) is 5.81. The number of halogens is 1. The van der Waals surface area contributed by atoms with E-state index in [0.29, 0.717) is 22.1 Å². The summed E-state index contributed by atoms with van der Waals surface area (Å²) in [6, 6.07) is 5.59. The van der Waals surface area contributed by atoms with Gasteiger partial charge in [-0.1, -0.05) is 29.5 Å². The Bertz CT molecular complexity index is 740. The molecule has 3 N–H and O–H groups in total. The van der Waals surface area contributed by atoms with Crippen molar-refractivity contribution in [2.75, 3.05) is 11.9 Å². The molecular weight excluding hydrogens is 304 g/mol. The summed E-state index contributed by atoms with van der Waals surface area (Å²) < 4.78 is 0. The van der Waals surface area contributed by atoms with E-state index >= 15 is 0 Å². The summed E-state index contributed by atoms with van der Waals surface area (Å²) in [5.74, 6) is 5.60. The van der Waals surface area contributed by atoms with E-state index in [2.05, 4.69) is 17.2 Å². The van der Waals surface area contributed by atoms with Gasteiger partial charge in [0.25, 0.3) is 5.91 Å². The lowest BCUT2D eigenvalue weighted by atomic mass is 10.1. The van der Waals surface area contributed by atoms with Gasteiger partial charge in [0.15, 0.2) is 0 Å². The Hall–Kier alpha value is -1.80. The van der Waals surface area contributed by atoms with Crippen LogP contribution in [0.4, 0.5) is 5.69 Å². The predicted molar refractivity (Wildman–Crippen MR) is 89.1 cm³/mol. The number of nitrogens with one attached hydrogen (secondary N) is 1. The summed E-state index contributed by atoms with van der Waals surface area (Å²) in [6.07, 6.45) is 0. The molecule has 2 rings (SSSR count). The molecule has 0 aliphatic rings. The molecule has 0 unspecified atom stereocenters. The molecule has 1 aromatic carbocycles. The van der Waals surface area contributed by atoms with E-state index in [0.717, 1.165) is 16.7 Å². The first-order chi connectivity index (χ1) is 10.0. The zero-order valence-electron chi connectivity index (χ0n) is 11.8. The zero-order valence-corrected chi connectivity index (χ0v) is 13.4. The van der Waals surface area contributed by atoms with Gasteiger partial charge in [-0.2, -0.15) is 0 Å². The van der Waals surface area contributed by atoms with Gasteiger partial charge in [0.1, 0.15) is 4.88 Å². The second kappa shape index (κ2) is 6.77. The first-order valence-electron chi connectivity index (χ1n) is 6.37. The monoisotopic (exact) mass is 318 g/mol. The number of hydrogen-bond donors (Lipinski definition) is 2. The molecule has 1 heterocycles. The lowest BCUT2D eigenvalue weighted by Gasteiger charge is -2.06. The van der Waals surface area contributed by atoms with Crippen LogP contribution in [0.15, 0.2) is 23.6 Å². The number of benzene rings is 1. The van der Waals surface area contributed by atoms with Crippen molar-refractivity contribution in [3.05, 3.63) is 50.2 Å². The van der Waals surface area contributed by atoms with Gasteiger partial charge >= 0.3 is 0 Å². The Morgan fingerprint density at radius 3 is 2.76 bits per heavy atom. The Morgan fingerprint density at radius 2 is 2.14 bits per heavy atom. The topological polar surface area (TPSA) is 55.1 Å². The van der Waals surface area contributed by atoms with Crippen LogP contribution in [0, 0.1) is 25.7 Å². The third kappa shape index (κ3) is 3.64. The molecule has 0 atom stereocenters. The maximum Gasteiger partial charge on any atom is 0.267 e. The number of thiophene rings is 1. The molecule has 0 aliphatic carbocycles. The molecular formula is C16H15ClN2OS. The number of amides is 1. The summed E-state index contributed by atoms with van der Waals surface area (Å²) in [5, 5.41) is 5.22. The van der Waals surface area contributed by atoms with Crippen molar-refractivity contribution in [1.82, 2.24) is 0 Å². The van der Waals surface area contributed by atoms with Crippen LogP contribution < -0.4 is 11.1 Å². The Labute approximate surface area is 133 Å². The highest BCUT2D eigenvalue weighted by Crippen LogP contribution is 2.28.